The highest BCUT2D eigenvalue weighted by atomic mass is 32.2. The average Bonchev–Trinajstić information content (AvgIpc) is 2.90. The van der Waals surface area contributed by atoms with Crippen molar-refractivity contribution in [2.24, 2.45) is 5.92 Å². The molecule has 0 aliphatic rings. The van der Waals surface area contributed by atoms with Crippen LogP contribution in [0.4, 0.5) is 5.69 Å². The van der Waals surface area contributed by atoms with Gasteiger partial charge in [-0.2, -0.15) is 0 Å². The molecular formula is C31H39N3O4S. The van der Waals surface area contributed by atoms with Crippen molar-refractivity contribution in [3.63, 3.8) is 0 Å². The number of carbonyl (C=O) groups excluding carboxylic acids is 2. The van der Waals surface area contributed by atoms with E-state index in [0.717, 1.165) is 21.0 Å². The molecule has 0 bridgehead atoms. The molecule has 3 aromatic rings. The minimum Gasteiger partial charge on any atom is -0.354 e. The second-order valence-corrected chi connectivity index (χ2v) is 12.3. The molecule has 0 spiro atoms. The molecule has 8 heteroatoms. The highest BCUT2D eigenvalue weighted by Crippen LogP contribution is 2.27. The summed E-state index contributed by atoms with van der Waals surface area (Å²) in [5, 5.41) is 2.90. The van der Waals surface area contributed by atoms with Gasteiger partial charge >= 0.3 is 0 Å². The fourth-order valence-electron chi connectivity index (χ4n) is 4.12. The van der Waals surface area contributed by atoms with E-state index in [2.05, 4.69) is 5.32 Å². The number of aryl methyl sites for hydroxylation is 3. The van der Waals surface area contributed by atoms with E-state index in [4.69, 9.17) is 0 Å². The van der Waals surface area contributed by atoms with Crippen LogP contribution in [0, 0.1) is 26.7 Å². The number of nitrogens with zero attached hydrogens (tertiary/aromatic N) is 2. The molecule has 0 saturated carbocycles. The maximum atomic E-state index is 14.0. The molecule has 0 aliphatic carbocycles. The number of benzene rings is 3. The summed E-state index contributed by atoms with van der Waals surface area (Å²) in [6, 6.07) is 20.5. The number of carbonyl (C=O) groups is 2. The van der Waals surface area contributed by atoms with Gasteiger partial charge in [-0.15, -0.1) is 0 Å². The lowest BCUT2D eigenvalue weighted by Gasteiger charge is -2.32. The zero-order chi connectivity index (χ0) is 28.7. The Morgan fingerprint density at radius 2 is 1.38 bits per heavy atom. The fraction of sp³-hybridized carbons (Fsp3) is 0.355. The number of anilines is 1. The molecule has 0 radical (unpaired) electrons. The van der Waals surface area contributed by atoms with E-state index >= 15 is 0 Å². The topological polar surface area (TPSA) is 86.8 Å². The summed E-state index contributed by atoms with van der Waals surface area (Å²) in [6.07, 6.45) is 0. The van der Waals surface area contributed by atoms with Gasteiger partial charge in [-0.05, 0) is 62.9 Å². The lowest BCUT2D eigenvalue weighted by molar-refractivity contribution is -0.139. The number of hydrogen-bond donors (Lipinski definition) is 1. The van der Waals surface area contributed by atoms with E-state index in [1.54, 1.807) is 43.3 Å². The maximum absolute atomic E-state index is 14.0. The van der Waals surface area contributed by atoms with Crippen LogP contribution in [0.2, 0.25) is 0 Å². The molecule has 0 heterocycles. The first-order valence-electron chi connectivity index (χ1n) is 13.2. The number of nitrogens with one attached hydrogen (secondary N) is 1. The monoisotopic (exact) mass is 549 g/mol. The molecule has 1 atom stereocenters. The van der Waals surface area contributed by atoms with Crippen LogP contribution in [0.5, 0.6) is 0 Å². The first kappa shape index (κ1) is 29.9. The maximum Gasteiger partial charge on any atom is 0.264 e. The summed E-state index contributed by atoms with van der Waals surface area (Å²) in [4.78, 5) is 28.6. The van der Waals surface area contributed by atoms with Crippen LogP contribution in [-0.4, -0.2) is 44.3 Å². The number of sulfonamides is 1. The van der Waals surface area contributed by atoms with Crippen LogP contribution in [0.25, 0.3) is 0 Å². The molecule has 3 rings (SSSR count). The van der Waals surface area contributed by atoms with Gasteiger partial charge < -0.3 is 10.2 Å². The zero-order valence-corrected chi connectivity index (χ0v) is 24.5. The average molecular weight is 550 g/mol. The molecule has 208 valence electrons. The molecule has 1 N–H and O–H groups in total. The van der Waals surface area contributed by atoms with Crippen LogP contribution in [0.15, 0.2) is 77.7 Å². The van der Waals surface area contributed by atoms with Crippen LogP contribution in [0.1, 0.15) is 43.0 Å². The van der Waals surface area contributed by atoms with Gasteiger partial charge in [-0.1, -0.05) is 79.6 Å². The van der Waals surface area contributed by atoms with E-state index in [9.17, 15) is 18.0 Å². The molecule has 7 nitrogen and oxygen atoms in total. The largest absolute Gasteiger partial charge is 0.354 e. The van der Waals surface area contributed by atoms with E-state index < -0.39 is 28.5 Å². The molecular weight excluding hydrogens is 510 g/mol. The minimum atomic E-state index is -4.08. The van der Waals surface area contributed by atoms with Gasteiger partial charge in [-0.25, -0.2) is 8.42 Å². The van der Waals surface area contributed by atoms with E-state index in [1.165, 1.54) is 4.90 Å². The van der Waals surface area contributed by atoms with Crippen molar-refractivity contribution < 1.29 is 18.0 Å². The molecule has 0 aromatic heterocycles. The predicted octanol–water partition coefficient (Wildman–Crippen LogP) is 5.00. The van der Waals surface area contributed by atoms with Crippen LogP contribution < -0.4 is 9.62 Å². The smallest absolute Gasteiger partial charge is 0.264 e. The highest BCUT2D eigenvalue weighted by molar-refractivity contribution is 7.92. The van der Waals surface area contributed by atoms with Crippen molar-refractivity contribution >= 4 is 27.5 Å². The normalized spacial score (nSPS) is 12.2. The van der Waals surface area contributed by atoms with Crippen molar-refractivity contribution in [1.29, 1.82) is 0 Å². The minimum absolute atomic E-state index is 0.0944. The Bertz CT molecular complexity index is 1380. The van der Waals surface area contributed by atoms with Crippen molar-refractivity contribution in [3.8, 4) is 0 Å². The first-order valence-corrected chi connectivity index (χ1v) is 14.6. The molecule has 3 aromatic carbocycles. The number of rotatable bonds is 11. The van der Waals surface area contributed by atoms with Crippen LogP contribution in [-0.2, 0) is 26.2 Å². The van der Waals surface area contributed by atoms with Gasteiger partial charge in [0.25, 0.3) is 10.0 Å². The Balaban J connectivity index is 2.02. The van der Waals surface area contributed by atoms with Gasteiger partial charge in [0.2, 0.25) is 11.8 Å². The SMILES string of the molecule is Cc1ccc(CN(C(=O)CN(c2ccccc2C)S(=O)(=O)c2ccc(C)cc2)[C@@H](C)C(=O)NCC(C)C)cc1. The Morgan fingerprint density at radius 3 is 1.95 bits per heavy atom. The third-order valence-electron chi connectivity index (χ3n) is 6.60. The molecule has 0 fully saturated rings. The Hall–Kier alpha value is -3.65. The molecule has 39 heavy (non-hydrogen) atoms. The summed E-state index contributed by atoms with van der Waals surface area (Å²) in [5.74, 6) is -0.506. The van der Waals surface area contributed by atoms with Gasteiger partial charge in [-0.3, -0.25) is 13.9 Å². The third kappa shape index (κ3) is 7.69. The van der Waals surface area contributed by atoms with Gasteiger partial charge in [0.15, 0.2) is 0 Å². The summed E-state index contributed by atoms with van der Waals surface area (Å²) >= 11 is 0. The van der Waals surface area contributed by atoms with Crippen LogP contribution in [0.3, 0.4) is 0 Å². The molecule has 0 aliphatic heterocycles. The Kier molecular flexibility index (Phi) is 9.92. The Labute approximate surface area is 232 Å². The van der Waals surface area contributed by atoms with Crippen LogP contribution >= 0.6 is 0 Å². The lowest BCUT2D eigenvalue weighted by atomic mass is 10.1. The van der Waals surface area contributed by atoms with E-state index in [1.807, 2.05) is 71.0 Å². The van der Waals surface area contributed by atoms with Gasteiger partial charge in [0, 0.05) is 13.1 Å². The zero-order valence-electron chi connectivity index (χ0n) is 23.6. The summed E-state index contributed by atoms with van der Waals surface area (Å²) in [6.45, 7) is 11.5. The fourth-order valence-corrected chi connectivity index (χ4v) is 5.60. The second-order valence-electron chi connectivity index (χ2n) is 10.4. The number of para-hydroxylation sites is 1. The third-order valence-corrected chi connectivity index (χ3v) is 8.37. The van der Waals surface area contributed by atoms with Gasteiger partial charge in [0.05, 0.1) is 10.6 Å². The highest BCUT2D eigenvalue weighted by Gasteiger charge is 2.33. The van der Waals surface area contributed by atoms with Gasteiger partial charge in [0.1, 0.15) is 12.6 Å². The van der Waals surface area contributed by atoms with Crippen molar-refractivity contribution in [3.05, 3.63) is 95.1 Å². The molecule has 0 unspecified atom stereocenters. The lowest BCUT2D eigenvalue weighted by Crippen LogP contribution is -2.51. The van der Waals surface area contributed by atoms with E-state index in [-0.39, 0.29) is 23.3 Å². The van der Waals surface area contributed by atoms with Crippen molar-refractivity contribution in [2.45, 2.75) is 59.0 Å². The summed E-state index contributed by atoms with van der Waals surface area (Å²) in [5.41, 5.74) is 3.99. The Morgan fingerprint density at radius 1 is 0.821 bits per heavy atom. The standard InChI is InChI=1S/C31H39N3O4S/c1-22(2)19-32-31(36)26(6)33(20-27-15-11-23(3)12-16-27)30(35)21-34(29-10-8-7-9-25(29)5)39(37,38)28-17-13-24(4)14-18-28/h7-18,22,26H,19-21H2,1-6H3,(H,32,36)/t26-/m0/s1. The first-order chi connectivity index (χ1) is 18.4. The predicted molar refractivity (Wildman–Crippen MR) is 156 cm³/mol. The molecule has 0 saturated heterocycles. The molecule has 2 amide bonds. The number of hydrogen-bond acceptors (Lipinski definition) is 4. The van der Waals surface area contributed by atoms with E-state index in [0.29, 0.717) is 17.8 Å². The van der Waals surface area contributed by atoms with Crippen molar-refractivity contribution in [2.75, 3.05) is 17.4 Å². The summed E-state index contributed by atoms with van der Waals surface area (Å²) < 4.78 is 29.0. The quantitative estimate of drug-likeness (QED) is 0.365. The summed E-state index contributed by atoms with van der Waals surface area (Å²) in [7, 11) is -4.08. The number of amides is 2. The second kappa shape index (κ2) is 12.9. The van der Waals surface area contributed by atoms with Crippen molar-refractivity contribution in [1.82, 2.24) is 10.2 Å².